The van der Waals surface area contributed by atoms with Gasteiger partial charge in [0.1, 0.15) is 11.4 Å². The fourth-order valence-electron chi connectivity index (χ4n) is 2.76. The number of hydrogen-bond donors (Lipinski definition) is 1. The molecule has 0 amide bonds. The maximum Gasteiger partial charge on any atom is 0.419 e. The molecule has 0 aliphatic carbocycles. The smallest absolute Gasteiger partial charge is 0.408 e. The molecule has 0 spiro atoms. The Morgan fingerprint density at radius 1 is 1.26 bits per heavy atom. The first-order valence-electron chi connectivity index (χ1n) is 8.07. The van der Waals surface area contributed by atoms with Crippen LogP contribution in [-0.4, -0.2) is 26.6 Å². The summed E-state index contributed by atoms with van der Waals surface area (Å²) in [5, 5.41) is 0. The molecule has 0 saturated carbocycles. The quantitative estimate of drug-likeness (QED) is 0.692. The number of aryl methyl sites for hydroxylation is 1. The minimum atomic E-state index is -3.93. The molecule has 1 heterocycles. The van der Waals surface area contributed by atoms with Gasteiger partial charge in [0.25, 0.3) is 0 Å². The topological polar surface area (TPSA) is 90.5 Å². The molecule has 0 saturated heterocycles. The average Bonchev–Trinajstić information content (AvgIpc) is 2.94. The molecule has 3 rings (SSSR count). The van der Waals surface area contributed by atoms with E-state index < -0.39 is 27.2 Å². The number of benzene rings is 2. The molecule has 3 aromatic rings. The summed E-state index contributed by atoms with van der Waals surface area (Å²) < 4.78 is 53.6. The van der Waals surface area contributed by atoms with Crippen LogP contribution in [0, 0.1) is 5.82 Å². The first kappa shape index (κ1) is 19.3. The van der Waals surface area contributed by atoms with E-state index in [1.807, 2.05) is 0 Å². The number of halogens is 1. The van der Waals surface area contributed by atoms with Crippen molar-refractivity contribution in [1.82, 2.24) is 9.29 Å². The lowest BCUT2D eigenvalue weighted by Crippen LogP contribution is -2.40. The van der Waals surface area contributed by atoms with Gasteiger partial charge in [-0.3, -0.25) is 4.57 Å². The predicted molar refractivity (Wildman–Crippen MR) is 97.4 cm³/mol. The lowest BCUT2D eigenvalue weighted by atomic mass is 9.95. The number of sulfonamides is 1. The first-order chi connectivity index (χ1) is 12.7. The van der Waals surface area contributed by atoms with Gasteiger partial charge in [0, 0.05) is 26.3 Å². The highest BCUT2D eigenvalue weighted by molar-refractivity contribution is 7.89. The van der Waals surface area contributed by atoms with Crippen molar-refractivity contribution in [3.63, 3.8) is 0 Å². The predicted octanol–water partition coefficient (Wildman–Crippen LogP) is 2.11. The minimum absolute atomic E-state index is 0.0432. The molecule has 27 heavy (non-hydrogen) atoms. The largest absolute Gasteiger partial charge is 0.419 e. The third kappa shape index (κ3) is 3.53. The molecule has 0 radical (unpaired) electrons. The van der Waals surface area contributed by atoms with Crippen molar-refractivity contribution < 1.29 is 22.0 Å². The first-order valence-corrected chi connectivity index (χ1v) is 9.56. The fourth-order valence-corrected chi connectivity index (χ4v) is 3.90. The fraction of sp³-hybridized carbons (Fsp3) is 0.278. The Morgan fingerprint density at radius 2 is 1.96 bits per heavy atom. The molecule has 1 atom stereocenters. The van der Waals surface area contributed by atoms with Crippen LogP contribution in [0.1, 0.15) is 12.5 Å². The lowest BCUT2D eigenvalue weighted by Gasteiger charge is -2.29. The van der Waals surface area contributed by atoms with Crippen molar-refractivity contribution in [1.29, 1.82) is 0 Å². The van der Waals surface area contributed by atoms with Gasteiger partial charge in [0.15, 0.2) is 5.58 Å². The van der Waals surface area contributed by atoms with E-state index in [0.29, 0.717) is 5.52 Å². The van der Waals surface area contributed by atoms with Crippen molar-refractivity contribution in [2.45, 2.75) is 17.4 Å². The SMILES string of the molecule is COC(C)(CNS(=O)(=O)c1ccc2oc(=O)n(C)c2c1)c1ccccc1F. The van der Waals surface area contributed by atoms with Crippen LogP contribution >= 0.6 is 0 Å². The standard InChI is InChI=1S/C18H19FN2O5S/c1-18(25-3,13-6-4-5-7-14(13)19)11-20-27(23,24)12-8-9-16-15(10-12)21(2)17(22)26-16/h4-10,20H,11H2,1-3H3. The molecule has 2 aromatic carbocycles. The summed E-state index contributed by atoms with van der Waals surface area (Å²) >= 11 is 0. The van der Waals surface area contributed by atoms with E-state index in [2.05, 4.69) is 4.72 Å². The van der Waals surface area contributed by atoms with Crippen molar-refractivity contribution in [3.05, 3.63) is 64.4 Å². The highest BCUT2D eigenvalue weighted by atomic mass is 32.2. The average molecular weight is 394 g/mol. The third-order valence-corrected chi connectivity index (χ3v) is 5.97. The molecule has 0 aliphatic rings. The van der Waals surface area contributed by atoms with Crippen LogP contribution in [0.3, 0.4) is 0 Å². The van der Waals surface area contributed by atoms with Crippen LogP contribution in [0.15, 0.2) is 56.6 Å². The molecular weight excluding hydrogens is 375 g/mol. The van der Waals surface area contributed by atoms with E-state index >= 15 is 0 Å². The van der Waals surface area contributed by atoms with Crippen LogP contribution < -0.4 is 10.5 Å². The van der Waals surface area contributed by atoms with Crippen molar-refractivity contribution in [2.75, 3.05) is 13.7 Å². The number of hydrogen-bond acceptors (Lipinski definition) is 5. The Balaban J connectivity index is 1.91. The van der Waals surface area contributed by atoms with Gasteiger partial charge in [-0.1, -0.05) is 18.2 Å². The van der Waals surface area contributed by atoms with Gasteiger partial charge in [-0.15, -0.1) is 0 Å². The molecule has 7 nitrogen and oxygen atoms in total. The summed E-state index contributed by atoms with van der Waals surface area (Å²) in [6.07, 6.45) is 0. The molecule has 1 N–H and O–H groups in total. The summed E-state index contributed by atoms with van der Waals surface area (Å²) in [4.78, 5) is 11.5. The van der Waals surface area contributed by atoms with Crippen LogP contribution in [0.2, 0.25) is 0 Å². The van der Waals surface area contributed by atoms with E-state index in [1.54, 1.807) is 25.1 Å². The van der Waals surface area contributed by atoms with Gasteiger partial charge in [0.2, 0.25) is 10.0 Å². The molecule has 0 bridgehead atoms. The zero-order chi connectivity index (χ0) is 19.8. The third-order valence-electron chi connectivity index (χ3n) is 4.57. The molecule has 1 aromatic heterocycles. The van der Waals surface area contributed by atoms with E-state index in [9.17, 15) is 17.6 Å². The Kier molecular flexibility index (Phi) is 4.94. The summed E-state index contributed by atoms with van der Waals surface area (Å²) in [5.41, 5.74) is -0.325. The molecule has 0 fully saturated rings. The monoisotopic (exact) mass is 394 g/mol. The van der Waals surface area contributed by atoms with Crippen LogP contribution in [0.5, 0.6) is 0 Å². The summed E-state index contributed by atoms with van der Waals surface area (Å²) in [6, 6.07) is 10.1. The summed E-state index contributed by atoms with van der Waals surface area (Å²) in [7, 11) is -1.07. The van der Waals surface area contributed by atoms with Crippen molar-refractivity contribution >= 4 is 21.1 Å². The second-order valence-corrected chi connectivity index (χ2v) is 8.06. The van der Waals surface area contributed by atoms with Gasteiger partial charge in [-0.25, -0.2) is 22.3 Å². The van der Waals surface area contributed by atoms with Crippen molar-refractivity contribution in [3.8, 4) is 0 Å². The second kappa shape index (κ2) is 6.91. The zero-order valence-corrected chi connectivity index (χ0v) is 15.8. The van der Waals surface area contributed by atoms with Crippen molar-refractivity contribution in [2.24, 2.45) is 7.05 Å². The minimum Gasteiger partial charge on any atom is -0.408 e. The van der Waals surface area contributed by atoms with Gasteiger partial charge in [-0.05, 0) is 31.2 Å². The maximum atomic E-state index is 14.1. The number of methoxy groups -OCH3 is 1. The lowest BCUT2D eigenvalue weighted by molar-refractivity contribution is 0.00410. The van der Waals surface area contributed by atoms with Gasteiger partial charge in [-0.2, -0.15) is 0 Å². The van der Waals surface area contributed by atoms with Crippen LogP contribution in [0.4, 0.5) is 4.39 Å². The number of aromatic nitrogens is 1. The Morgan fingerprint density at radius 3 is 2.63 bits per heavy atom. The zero-order valence-electron chi connectivity index (χ0n) is 15.0. The van der Waals surface area contributed by atoms with E-state index in [4.69, 9.17) is 9.15 Å². The maximum absolute atomic E-state index is 14.1. The Hall–Kier alpha value is -2.49. The molecular formula is C18H19FN2O5S. The van der Waals surface area contributed by atoms with Gasteiger partial charge in [0.05, 0.1) is 10.4 Å². The Bertz CT molecular complexity index is 1150. The molecule has 9 heteroatoms. The molecule has 0 aliphatic heterocycles. The number of fused-ring (bicyclic) bond motifs is 1. The summed E-state index contributed by atoms with van der Waals surface area (Å²) in [5.74, 6) is -1.07. The van der Waals surface area contributed by atoms with E-state index in [1.165, 1.54) is 43.0 Å². The number of oxazole rings is 1. The highest BCUT2D eigenvalue weighted by Gasteiger charge is 2.31. The second-order valence-electron chi connectivity index (χ2n) is 6.30. The van der Waals surface area contributed by atoms with Gasteiger partial charge < -0.3 is 9.15 Å². The Labute approximate surface area is 155 Å². The number of ether oxygens (including phenoxy) is 1. The van der Waals surface area contributed by atoms with E-state index in [-0.39, 0.29) is 22.6 Å². The van der Waals surface area contributed by atoms with Crippen LogP contribution in [-0.2, 0) is 27.4 Å². The normalized spacial score (nSPS) is 14.4. The molecule has 1 unspecified atom stereocenters. The molecule has 144 valence electrons. The van der Waals surface area contributed by atoms with Gasteiger partial charge >= 0.3 is 5.76 Å². The number of rotatable bonds is 6. The van der Waals surface area contributed by atoms with Crippen LogP contribution in [0.25, 0.3) is 11.1 Å². The van der Waals surface area contributed by atoms with E-state index in [0.717, 1.165) is 0 Å². The number of nitrogens with zero attached hydrogens (tertiary/aromatic N) is 1. The highest BCUT2D eigenvalue weighted by Crippen LogP contribution is 2.27. The summed E-state index contributed by atoms with van der Waals surface area (Å²) in [6.45, 7) is 1.41. The number of nitrogens with one attached hydrogen (secondary N) is 1.